The van der Waals surface area contributed by atoms with Gasteiger partial charge in [0.2, 0.25) is 0 Å². The number of hydrogen-bond donors (Lipinski definition) is 2. The molecule has 0 aliphatic rings. The number of nitrogen functional groups attached to an aromatic ring is 1. The number of nitrogens with zero attached hydrogens (tertiary/aromatic N) is 1. The van der Waals surface area contributed by atoms with Gasteiger partial charge in [0.25, 0.3) is 0 Å². The molecule has 0 unspecified atom stereocenters. The number of amidine groups is 1. The molecule has 2 aromatic carbocycles. The third-order valence-electron chi connectivity index (χ3n) is 3.21. The van der Waals surface area contributed by atoms with E-state index in [0.717, 1.165) is 22.6 Å². The van der Waals surface area contributed by atoms with Crippen LogP contribution >= 0.6 is 0 Å². The van der Waals surface area contributed by atoms with Crippen LogP contribution < -0.4 is 15.4 Å². The zero-order valence-electron chi connectivity index (χ0n) is 11.8. The zero-order valence-corrected chi connectivity index (χ0v) is 11.8. The Kier molecular flexibility index (Phi) is 4.25. The summed E-state index contributed by atoms with van der Waals surface area (Å²) < 4.78 is 5.24. The number of nitrogens with two attached hydrogens (primary N) is 1. The predicted octanol–water partition coefficient (Wildman–Crippen LogP) is 2.62. The van der Waals surface area contributed by atoms with Gasteiger partial charge in [-0.2, -0.15) is 0 Å². The topological polar surface area (TPSA) is 62.3 Å². The molecule has 4 nitrogen and oxygen atoms in total. The van der Waals surface area contributed by atoms with Crippen molar-refractivity contribution < 1.29 is 4.74 Å². The van der Waals surface area contributed by atoms with E-state index < -0.39 is 0 Å². The van der Waals surface area contributed by atoms with Crippen molar-refractivity contribution in [3.8, 4) is 5.75 Å². The van der Waals surface area contributed by atoms with Crippen LogP contribution in [-0.4, -0.2) is 20.0 Å². The molecule has 0 fully saturated rings. The van der Waals surface area contributed by atoms with E-state index in [-0.39, 0.29) is 5.84 Å². The van der Waals surface area contributed by atoms with Crippen molar-refractivity contribution in [1.29, 1.82) is 5.41 Å². The molecule has 20 heavy (non-hydrogen) atoms. The number of ether oxygens (including phenoxy) is 1. The van der Waals surface area contributed by atoms with Crippen molar-refractivity contribution in [3.63, 3.8) is 0 Å². The van der Waals surface area contributed by atoms with Gasteiger partial charge in [0.15, 0.2) is 0 Å². The highest BCUT2D eigenvalue weighted by Gasteiger charge is 2.08. The molecule has 0 aliphatic carbocycles. The summed E-state index contributed by atoms with van der Waals surface area (Å²) in [6.07, 6.45) is 0. The minimum atomic E-state index is 0.0969. The maximum absolute atomic E-state index is 7.63. The van der Waals surface area contributed by atoms with Gasteiger partial charge < -0.3 is 15.4 Å². The smallest absolute Gasteiger partial charge is 0.123 e. The Morgan fingerprint density at radius 3 is 2.65 bits per heavy atom. The molecule has 0 bridgehead atoms. The second-order valence-electron chi connectivity index (χ2n) is 4.63. The van der Waals surface area contributed by atoms with Crippen molar-refractivity contribution in [3.05, 3.63) is 59.7 Å². The lowest BCUT2D eigenvalue weighted by atomic mass is 10.1. The Labute approximate surface area is 119 Å². The third-order valence-corrected chi connectivity index (χ3v) is 3.21. The molecule has 2 aromatic rings. The van der Waals surface area contributed by atoms with E-state index in [1.54, 1.807) is 7.11 Å². The number of anilines is 1. The van der Waals surface area contributed by atoms with Gasteiger partial charge in [0.05, 0.1) is 7.11 Å². The molecule has 0 spiro atoms. The van der Waals surface area contributed by atoms with Crippen molar-refractivity contribution >= 4 is 11.5 Å². The molecule has 4 heteroatoms. The molecule has 0 radical (unpaired) electrons. The third kappa shape index (κ3) is 3.09. The molecule has 0 atom stereocenters. The first-order chi connectivity index (χ1) is 9.61. The number of nitrogens with one attached hydrogen (secondary N) is 1. The molecule has 0 saturated carbocycles. The first kappa shape index (κ1) is 13.9. The van der Waals surface area contributed by atoms with E-state index in [4.69, 9.17) is 15.9 Å². The largest absolute Gasteiger partial charge is 0.497 e. The fourth-order valence-corrected chi connectivity index (χ4v) is 2.12. The van der Waals surface area contributed by atoms with Crippen LogP contribution in [0.5, 0.6) is 5.75 Å². The summed E-state index contributed by atoms with van der Waals surface area (Å²) in [6, 6.07) is 15.6. The standard InChI is InChI=1S/C16H19N3O/c1-19(13-7-5-8-14(10-13)20-2)11-12-6-3-4-9-15(12)16(17)18/h3-10H,11H2,1-2H3,(H3,17,18). The SMILES string of the molecule is COc1cccc(N(C)Cc2ccccc2C(=N)N)c1. The highest BCUT2D eigenvalue weighted by molar-refractivity contribution is 5.96. The molecule has 0 aliphatic heterocycles. The molecule has 104 valence electrons. The van der Waals surface area contributed by atoms with E-state index in [9.17, 15) is 0 Å². The number of rotatable bonds is 5. The lowest BCUT2D eigenvalue weighted by molar-refractivity contribution is 0.415. The summed E-state index contributed by atoms with van der Waals surface area (Å²) in [5.41, 5.74) is 8.49. The summed E-state index contributed by atoms with van der Waals surface area (Å²) in [7, 11) is 3.66. The van der Waals surface area contributed by atoms with Crippen LogP contribution in [0.2, 0.25) is 0 Å². The first-order valence-corrected chi connectivity index (χ1v) is 6.39. The van der Waals surface area contributed by atoms with Crippen LogP contribution in [0.4, 0.5) is 5.69 Å². The van der Waals surface area contributed by atoms with Gasteiger partial charge in [-0.05, 0) is 17.7 Å². The molecule has 0 heterocycles. The lowest BCUT2D eigenvalue weighted by Crippen LogP contribution is -2.20. The molecular formula is C16H19N3O. The predicted molar refractivity (Wildman–Crippen MR) is 82.6 cm³/mol. The Morgan fingerprint density at radius 2 is 1.95 bits per heavy atom. The average Bonchev–Trinajstić information content (AvgIpc) is 2.47. The second-order valence-corrected chi connectivity index (χ2v) is 4.63. The van der Waals surface area contributed by atoms with Gasteiger partial charge in [-0.1, -0.05) is 30.3 Å². The van der Waals surface area contributed by atoms with Gasteiger partial charge in [-0.25, -0.2) is 0 Å². The van der Waals surface area contributed by atoms with Gasteiger partial charge in [0.1, 0.15) is 11.6 Å². The summed E-state index contributed by atoms with van der Waals surface area (Å²) in [6.45, 7) is 0.683. The first-order valence-electron chi connectivity index (χ1n) is 6.39. The van der Waals surface area contributed by atoms with Crippen molar-refractivity contribution in [2.24, 2.45) is 5.73 Å². The van der Waals surface area contributed by atoms with Crippen LogP contribution in [0.1, 0.15) is 11.1 Å². The molecule has 3 N–H and O–H groups in total. The maximum atomic E-state index is 7.63. The summed E-state index contributed by atoms with van der Waals surface area (Å²) in [4.78, 5) is 2.10. The van der Waals surface area contributed by atoms with Crippen molar-refractivity contribution in [2.45, 2.75) is 6.54 Å². The minimum absolute atomic E-state index is 0.0969. The summed E-state index contributed by atoms with van der Waals surface area (Å²) in [5.74, 6) is 0.925. The zero-order chi connectivity index (χ0) is 14.5. The van der Waals surface area contributed by atoms with E-state index in [1.807, 2.05) is 55.6 Å². The van der Waals surface area contributed by atoms with Crippen molar-refractivity contribution in [1.82, 2.24) is 0 Å². The Balaban J connectivity index is 2.23. The van der Waals surface area contributed by atoms with Gasteiger partial charge in [-0.15, -0.1) is 0 Å². The number of hydrogen-bond acceptors (Lipinski definition) is 3. The fraction of sp³-hybridized carbons (Fsp3) is 0.188. The quantitative estimate of drug-likeness (QED) is 0.648. The van der Waals surface area contributed by atoms with Crippen LogP contribution in [0.15, 0.2) is 48.5 Å². The number of benzene rings is 2. The van der Waals surface area contributed by atoms with Gasteiger partial charge in [0, 0.05) is 30.9 Å². The monoisotopic (exact) mass is 269 g/mol. The lowest BCUT2D eigenvalue weighted by Gasteiger charge is -2.21. The summed E-state index contributed by atoms with van der Waals surface area (Å²) >= 11 is 0. The summed E-state index contributed by atoms with van der Waals surface area (Å²) in [5, 5.41) is 7.63. The van der Waals surface area contributed by atoms with E-state index in [2.05, 4.69) is 4.90 Å². The maximum Gasteiger partial charge on any atom is 0.123 e. The minimum Gasteiger partial charge on any atom is -0.497 e. The molecular weight excluding hydrogens is 250 g/mol. The van der Waals surface area contributed by atoms with E-state index in [1.165, 1.54) is 0 Å². The molecule has 0 aromatic heterocycles. The second kappa shape index (κ2) is 6.10. The van der Waals surface area contributed by atoms with E-state index >= 15 is 0 Å². The average molecular weight is 269 g/mol. The van der Waals surface area contributed by atoms with Crippen molar-refractivity contribution in [2.75, 3.05) is 19.1 Å². The van der Waals surface area contributed by atoms with Gasteiger partial charge in [-0.3, -0.25) is 5.41 Å². The molecule has 0 saturated heterocycles. The fourth-order valence-electron chi connectivity index (χ4n) is 2.12. The Hall–Kier alpha value is -2.49. The highest BCUT2D eigenvalue weighted by atomic mass is 16.5. The van der Waals surface area contributed by atoms with Crippen LogP contribution in [0.25, 0.3) is 0 Å². The Bertz CT molecular complexity index is 610. The molecule has 0 amide bonds. The van der Waals surface area contributed by atoms with Crippen LogP contribution in [-0.2, 0) is 6.54 Å². The normalized spacial score (nSPS) is 10.1. The Morgan fingerprint density at radius 1 is 1.20 bits per heavy atom. The number of methoxy groups -OCH3 is 1. The van der Waals surface area contributed by atoms with Crippen LogP contribution in [0.3, 0.4) is 0 Å². The highest BCUT2D eigenvalue weighted by Crippen LogP contribution is 2.22. The molecule has 2 rings (SSSR count). The van der Waals surface area contributed by atoms with Crippen LogP contribution in [0, 0.1) is 5.41 Å². The van der Waals surface area contributed by atoms with Gasteiger partial charge >= 0.3 is 0 Å². The van der Waals surface area contributed by atoms with E-state index in [0.29, 0.717) is 6.54 Å².